The molecule has 0 saturated heterocycles. The molecule has 0 spiro atoms. The van der Waals surface area contributed by atoms with Crippen molar-refractivity contribution in [3.8, 4) is 5.75 Å². The molecule has 2 rings (SSSR count). The smallest absolute Gasteiger partial charge is 0.336 e. The van der Waals surface area contributed by atoms with Crippen LogP contribution >= 0.6 is 0 Å². The molecule has 0 heterocycles. The number of esters is 1. The third-order valence-electron chi connectivity index (χ3n) is 5.39. The van der Waals surface area contributed by atoms with Gasteiger partial charge in [0.2, 0.25) is 0 Å². The summed E-state index contributed by atoms with van der Waals surface area (Å²) in [6.45, 7) is 4.93. The fourth-order valence-corrected chi connectivity index (χ4v) is 4.36. The molecule has 2 aromatic carbocycles. The Morgan fingerprint density at radius 3 is 2.39 bits per heavy atom. The predicted molar refractivity (Wildman–Crippen MR) is 135 cm³/mol. The molecule has 0 radical (unpaired) electrons. The number of carbonyl (C=O) groups excluding carboxylic acids is 1. The van der Waals surface area contributed by atoms with Crippen LogP contribution in [0, 0.1) is 5.41 Å². The van der Waals surface area contributed by atoms with Gasteiger partial charge in [-0.05, 0) is 42.1 Å². The van der Waals surface area contributed by atoms with E-state index >= 15 is 0 Å². The third-order valence-corrected chi connectivity index (χ3v) is 6.65. The topological polar surface area (TPSA) is 137 Å². The molecular formula is C25H33N3O7S. The highest BCUT2D eigenvalue weighted by Crippen LogP contribution is 2.29. The summed E-state index contributed by atoms with van der Waals surface area (Å²) in [6.07, 6.45) is -1.53. The van der Waals surface area contributed by atoms with E-state index in [4.69, 9.17) is 23.9 Å². The quantitative estimate of drug-likeness (QED) is 0.0810. The highest BCUT2D eigenvalue weighted by atomic mass is 32.2. The van der Waals surface area contributed by atoms with Crippen LogP contribution in [0.2, 0.25) is 0 Å². The molecule has 0 bridgehead atoms. The van der Waals surface area contributed by atoms with E-state index in [1.165, 1.54) is 0 Å². The number of carbonyl (C=O) groups is 1. The van der Waals surface area contributed by atoms with Crippen LogP contribution in [-0.2, 0) is 35.2 Å². The molecule has 0 amide bonds. The average Bonchev–Trinajstić information content (AvgIpc) is 2.86. The van der Waals surface area contributed by atoms with Gasteiger partial charge in [-0.2, -0.15) is 8.42 Å². The molecule has 2 atom stereocenters. The SMILES string of the molecule is COc1ccc(CO[C@@H](C(=O)O[C@H](C)c2ccccc2)C(C)(C)COS(=O)(=O)CCCN=[N+]=[N-])cc1. The zero-order valence-corrected chi connectivity index (χ0v) is 21.8. The first-order valence-electron chi connectivity index (χ1n) is 11.5. The zero-order chi connectivity index (χ0) is 26.6. The van der Waals surface area contributed by atoms with Gasteiger partial charge in [0.1, 0.15) is 11.9 Å². The minimum absolute atomic E-state index is 0.0414. The largest absolute Gasteiger partial charge is 0.497 e. The summed E-state index contributed by atoms with van der Waals surface area (Å²) in [5.74, 6) is -0.255. The van der Waals surface area contributed by atoms with E-state index in [0.717, 1.165) is 11.1 Å². The summed E-state index contributed by atoms with van der Waals surface area (Å²) in [6, 6.07) is 16.4. The van der Waals surface area contributed by atoms with Crippen molar-refractivity contribution in [3.05, 3.63) is 76.2 Å². The van der Waals surface area contributed by atoms with Crippen molar-refractivity contribution < 1.29 is 31.6 Å². The van der Waals surface area contributed by atoms with Crippen LogP contribution in [0.25, 0.3) is 10.4 Å². The monoisotopic (exact) mass is 519 g/mol. The van der Waals surface area contributed by atoms with Gasteiger partial charge in [0.15, 0.2) is 6.10 Å². The number of benzene rings is 2. The Labute approximate surface area is 212 Å². The number of hydrogen-bond donors (Lipinski definition) is 0. The summed E-state index contributed by atoms with van der Waals surface area (Å²) in [5.41, 5.74) is 8.88. The van der Waals surface area contributed by atoms with E-state index < -0.39 is 33.7 Å². The van der Waals surface area contributed by atoms with Crippen LogP contribution in [0.4, 0.5) is 0 Å². The van der Waals surface area contributed by atoms with Gasteiger partial charge in [-0.3, -0.25) is 4.18 Å². The van der Waals surface area contributed by atoms with Gasteiger partial charge in [-0.15, -0.1) is 0 Å². The molecule has 196 valence electrons. The fraction of sp³-hybridized carbons (Fsp3) is 0.480. The Hall–Kier alpha value is -3.11. The van der Waals surface area contributed by atoms with Crippen molar-refractivity contribution >= 4 is 16.1 Å². The van der Waals surface area contributed by atoms with Gasteiger partial charge in [0.25, 0.3) is 10.1 Å². The zero-order valence-electron chi connectivity index (χ0n) is 21.0. The summed E-state index contributed by atoms with van der Waals surface area (Å²) in [5, 5.41) is 3.32. The molecule has 10 nitrogen and oxygen atoms in total. The van der Waals surface area contributed by atoms with E-state index in [1.54, 1.807) is 40.0 Å². The Kier molecular flexibility index (Phi) is 11.2. The summed E-state index contributed by atoms with van der Waals surface area (Å²) >= 11 is 0. The summed E-state index contributed by atoms with van der Waals surface area (Å²) in [7, 11) is -2.33. The lowest BCUT2D eigenvalue weighted by Gasteiger charge is -2.33. The van der Waals surface area contributed by atoms with Gasteiger partial charge in [0.05, 0.1) is 26.1 Å². The summed E-state index contributed by atoms with van der Waals surface area (Å²) < 4.78 is 46.7. The maximum atomic E-state index is 13.2. The van der Waals surface area contributed by atoms with Gasteiger partial charge in [-0.1, -0.05) is 61.4 Å². The normalized spacial score (nSPS) is 13.3. The second kappa shape index (κ2) is 13.8. The minimum Gasteiger partial charge on any atom is -0.497 e. The van der Waals surface area contributed by atoms with Crippen LogP contribution in [0.3, 0.4) is 0 Å². The van der Waals surface area contributed by atoms with Crippen molar-refractivity contribution in [2.45, 2.75) is 46.0 Å². The van der Waals surface area contributed by atoms with Crippen LogP contribution in [0.5, 0.6) is 5.75 Å². The molecular weight excluding hydrogens is 486 g/mol. The van der Waals surface area contributed by atoms with Crippen LogP contribution in [0.1, 0.15) is 44.4 Å². The van der Waals surface area contributed by atoms with Crippen molar-refractivity contribution in [1.29, 1.82) is 0 Å². The number of hydrogen-bond acceptors (Lipinski definition) is 8. The first-order chi connectivity index (χ1) is 17.1. The average molecular weight is 520 g/mol. The fourth-order valence-electron chi connectivity index (χ4n) is 3.28. The van der Waals surface area contributed by atoms with Crippen LogP contribution in [-0.4, -0.2) is 46.5 Å². The highest BCUT2D eigenvalue weighted by molar-refractivity contribution is 7.86. The van der Waals surface area contributed by atoms with Crippen molar-refractivity contribution in [2.24, 2.45) is 10.5 Å². The number of methoxy groups -OCH3 is 1. The van der Waals surface area contributed by atoms with Crippen molar-refractivity contribution in [3.63, 3.8) is 0 Å². The van der Waals surface area contributed by atoms with E-state index in [0.29, 0.717) is 5.75 Å². The maximum absolute atomic E-state index is 13.2. The maximum Gasteiger partial charge on any atom is 0.336 e. The first kappa shape index (κ1) is 29.1. The molecule has 0 N–H and O–H groups in total. The lowest BCUT2D eigenvalue weighted by molar-refractivity contribution is -0.174. The van der Waals surface area contributed by atoms with Gasteiger partial charge >= 0.3 is 5.97 Å². The van der Waals surface area contributed by atoms with Gasteiger partial charge < -0.3 is 14.2 Å². The summed E-state index contributed by atoms with van der Waals surface area (Å²) in [4.78, 5) is 15.8. The molecule has 0 aliphatic carbocycles. The van der Waals surface area contributed by atoms with Gasteiger partial charge in [0, 0.05) is 16.9 Å². The molecule has 2 aromatic rings. The molecule has 0 fully saturated rings. The van der Waals surface area contributed by atoms with E-state index in [1.807, 2.05) is 42.5 Å². The Balaban J connectivity index is 2.15. The predicted octanol–water partition coefficient (Wildman–Crippen LogP) is 4.96. The second-order valence-corrected chi connectivity index (χ2v) is 10.6. The molecule has 0 aliphatic heterocycles. The molecule has 11 heteroatoms. The Morgan fingerprint density at radius 1 is 1.11 bits per heavy atom. The standard InChI is InChI=1S/C25H33N3O7S/c1-19(21-9-6-5-7-10-21)35-24(29)23(33-17-20-11-13-22(32-4)14-12-20)25(2,3)18-34-36(30,31)16-8-15-27-28-26/h5-7,9-14,19,23H,8,15-18H2,1-4H3/t19-,23+/m1/s1. The van der Waals surface area contributed by atoms with Gasteiger partial charge in [-0.25, -0.2) is 4.79 Å². The second-order valence-electron chi connectivity index (χ2n) is 8.85. The van der Waals surface area contributed by atoms with Crippen LogP contribution in [0.15, 0.2) is 59.7 Å². The van der Waals surface area contributed by atoms with E-state index in [-0.39, 0.29) is 31.9 Å². The molecule has 36 heavy (non-hydrogen) atoms. The number of rotatable bonds is 15. The Bertz CT molecular complexity index is 1120. The highest BCUT2D eigenvalue weighted by Gasteiger charge is 2.40. The lowest BCUT2D eigenvalue weighted by atomic mass is 9.87. The molecule has 0 aromatic heterocycles. The number of nitrogens with zero attached hydrogens (tertiary/aromatic N) is 3. The minimum atomic E-state index is -3.90. The van der Waals surface area contributed by atoms with E-state index in [2.05, 4.69) is 10.0 Å². The number of ether oxygens (including phenoxy) is 3. The van der Waals surface area contributed by atoms with Crippen molar-refractivity contribution in [2.75, 3.05) is 26.0 Å². The molecule has 0 unspecified atom stereocenters. The first-order valence-corrected chi connectivity index (χ1v) is 13.0. The van der Waals surface area contributed by atoms with Crippen molar-refractivity contribution in [1.82, 2.24) is 0 Å². The van der Waals surface area contributed by atoms with E-state index in [9.17, 15) is 13.2 Å². The Morgan fingerprint density at radius 2 is 1.78 bits per heavy atom. The molecule has 0 aliphatic rings. The lowest BCUT2D eigenvalue weighted by Crippen LogP contribution is -2.43. The third kappa shape index (κ3) is 9.50. The molecule has 0 saturated carbocycles. The van der Waals surface area contributed by atoms with Crippen LogP contribution < -0.4 is 4.74 Å². The number of azide groups is 1.